The number of carbonyl (C=O) groups is 1. The van der Waals surface area contributed by atoms with Crippen LogP contribution in [0.25, 0.3) is 22.0 Å². The second kappa shape index (κ2) is 5.25. The zero-order chi connectivity index (χ0) is 14.8. The molecule has 3 aromatic rings. The summed E-state index contributed by atoms with van der Waals surface area (Å²) >= 11 is 0. The monoisotopic (exact) mass is 279 g/mol. The van der Waals surface area contributed by atoms with Crippen LogP contribution in [0.2, 0.25) is 0 Å². The Kier molecular flexibility index (Phi) is 3.28. The van der Waals surface area contributed by atoms with Gasteiger partial charge in [0.05, 0.1) is 18.4 Å². The third-order valence-corrected chi connectivity index (χ3v) is 3.35. The van der Waals surface area contributed by atoms with Crippen LogP contribution in [-0.2, 0) is 4.74 Å². The summed E-state index contributed by atoms with van der Waals surface area (Å²) in [5, 5.41) is 12.0. The van der Waals surface area contributed by atoms with Gasteiger partial charge >= 0.3 is 5.97 Å². The van der Waals surface area contributed by atoms with Crippen molar-refractivity contribution in [2.24, 2.45) is 0 Å². The van der Waals surface area contributed by atoms with E-state index in [1.54, 1.807) is 12.3 Å². The van der Waals surface area contributed by atoms with Crippen LogP contribution in [0.5, 0.6) is 5.75 Å². The van der Waals surface area contributed by atoms with E-state index in [9.17, 15) is 9.90 Å². The average molecular weight is 279 g/mol. The number of pyridine rings is 1. The molecule has 0 aliphatic rings. The molecule has 0 unspecified atom stereocenters. The minimum atomic E-state index is -0.448. The molecule has 0 aliphatic heterocycles. The summed E-state index contributed by atoms with van der Waals surface area (Å²) in [6.45, 7) is 0. The smallest absolute Gasteiger partial charge is 0.337 e. The third kappa shape index (κ3) is 2.31. The molecule has 2 aromatic carbocycles. The Morgan fingerprint density at radius 3 is 2.76 bits per heavy atom. The number of benzene rings is 2. The number of phenols is 1. The Morgan fingerprint density at radius 1 is 1.14 bits per heavy atom. The molecule has 0 spiro atoms. The third-order valence-electron chi connectivity index (χ3n) is 3.35. The van der Waals surface area contributed by atoms with Gasteiger partial charge in [0, 0.05) is 17.1 Å². The average Bonchev–Trinajstić information content (AvgIpc) is 2.54. The van der Waals surface area contributed by atoms with Gasteiger partial charge < -0.3 is 9.84 Å². The van der Waals surface area contributed by atoms with Gasteiger partial charge in [-0.25, -0.2) is 4.79 Å². The second-order valence-corrected chi connectivity index (χ2v) is 4.60. The van der Waals surface area contributed by atoms with Crippen molar-refractivity contribution in [3.63, 3.8) is 0 Å². The van der Waals surface area contributed by atoms with Gasteiger partial charge in [0.1, 0.15) is 5.75 Å². The lowest BCUT2D eigenvalue weighted by molar-refractivity contribution is 0.0601. The Bertz CT molecular complexity index is 822. The van der Waals surface area contributed by atoms with Crippen LogP contribution in [0.4, 0.5) is 0 Å². The van der Waals surface area contributed by atoms with Gasteiger partial charge in [-0.05, 0) is 29.7 Å². The molecule has 0 atom stereocenters. The molecular weight excluding hydrogens is 266 g/mol. The molecule has 0 fully saturated rings. The highest BCUT2D eigenvalue weighted by molar-refractivity contribution is 5.98. The number of carbonyl (C=O) groups excluding carboxylic acids is 1. The van der Waals surface area contributed by atoms with Crippen molar-refractivity contribution >= 4 is 16.7 Å². The van der Waals surface area contributed by atoms with Crippen molar-refractivity contribution < 1.29 is 14.6 Å². The van der Waals surface area contributed by atoms with E-state index in [1.807, 2.05) is 30.3 Å². The maximum Gasteiger partial charge on any atom is 0.337 e. The number of hydrogen-bond acceptors (Lipinski definition) is 4. The molecule has 0 bridgehead atoms. The molecule has 3 rings (SSSR count). The Morgan fingerprint density at radius 2 is 1.95 bits per heavy atom. The fourth-order valence-corrected chi connectivity index (χ4v) is 2.30. The molecule has 0 saturated heterocycles. The van der Waals surface area contributed by atoms with Gasteiger partial charge in [-0.1, -0.05) is 24.3 Å². The molecule has 0 saturated carbocycles. The zero-order valence-corrected chi connectivity index (χ0v) is 11.4. The van der Waals surface area contributed by atoms with Gasteiger partial charge in [-0.3, -0.25) is 4.98 Å². The Labute approximate surface area is 121 Å². The van der Waals surface area contributed by atoms with Gasteiger partial charge in [0.15, 0.2) is 0 Å². The Hall–Kier alpha value is -2.88. The number of fused-ring (bicyclic) bond motifs is 1. The first kappa shape index (κ1) is 13.1. The first-order chi connectivity index (χ1) is 10.2. The highest BCUT2D eigenvalue weighted by Gasteiger charge is 2.13. The van der Waals surface area contributed by atoms with Crippen LogP contribution in [0, 0.1) is 0 Å². The molecular formula is C17H13NO3. The number of aromatic hydroxyl groups is 1. The molecule has 21 heavy (non-hydrogen) atoms. The van der Waals surface area contributed by atoms with Crippen LogP contribution in [0.1, 0.15) is 10.4 Å². The molecule has 1 N–H and O–H groups in total. The SMILES string of the molecule is COC(=O)c1ccc(O)c(-c2nccc3ccccc23)c1. The van der Waals surface area contributed by atoms with Crippen molar-refractivity contribution in [1.29, 1.82) is 0 Å². The number of ether oxygens (including phenoxy) is 1. The topological polar surface area (TPSA) is 59.4 Å². The van der Waals surface area contributed by atoms with E-state index in [4.69, 9.17) is 4.74 Å². The fourth-order valence-electron chi connectivity index (χ4n) is 2.30. The Balaban J connectivity index is 2.25. The zero-order valence-electron chi connectivity index (χ0n) is 11.4. The van der Waals surface area contributed by atoms with E-state index in [2.05, 4.69) is 4.98 Å². The number of phenolic OH excluding ortho intramolecular Hbond substituents is 1. The summed E-state index contributed by atoms with van der Waals surface area (Å²) in [5.74, 6) is -0.372. The standard InChI is InChI=1S/C17H13NO3/c1-21-17(20)12-6-7-15(19)14(10-12)16-13-5-3-2-4-11(13)8-9-18-16/h2-10,19H,1H3. The van der Waals surface area contributed by atoms with Gasteiger partial charge in [0.2, 0.25) is 0 Å². The molecule has 0 amide bonds. The molecule has 4 nitrogen and oxygen atoms in total. The number of esters is 1. The molecule has 104 valence electrons. The minimum Gasteiger partial charge on any atom is -0.507 e. The van der Waals surface area contributed by atoms with Crippen LogP contribution in [0.15, 0.2) is 54.7 Å². The summed E-state index contributed by atoms with van der Waals surface area (Å²) in [6, 6.07) is 14.3. The number of rotatable bonds is 2. The van der Waals surface area contributed by atoms with E-state index in [0.29, 0.717) is 16.8 Å². The number of aromatic nitrogens is 1. The number of hydrogen-bond donors (Lipinski definition) is 1. The lowest BCUT2D eigenvalue weighted by atomic mass is 10.0. The molecule has 0 aliphatic carbocycles. The molecule has 1 aromatic heterocycles. The van der Waals surface area contributed by atoms with E-state index in [0.717, 1.165) is 10.8 Å². The van der Waals surface area contributed by atoms with Crippen molar-refractivity contribution in [2.45, 2.75) is 0 Å². The van der Waals surface area contributed by atoms with Gasteiger partial charge in [-0.15, -0.1) is 0 Å². The highest BCUT2D eigenvalue weighted by Crippen LogP contribution is 2.33. The van der Waals surface area contributed by atoms with E-state index in [-0.39, 0.29) is 5.75 Å². The normalized spacial score (nSPS) is 10.5. The van der Waals surface area contributed by atoms with E-state index < -0.39 is 5.97 Å². The first-order valence-electron chi connectivity index (χ1n) is 6.46. The minimum absolute atomic E-state index is 0.0755. The molecule has 0 radical (unpaired) electrons. The van der Waals surface area contributed by atoms with Gasteiger partial charge in [0.25, 0.3) is 0 Å². The van der Waals surface area contributed by atoms with Crippen molar-refractivity contribution in [1.82, 2.24) is 4.98 Å². The predicted molar refractivity (Wildman–Crippen MR) is 80.2 cm³/mol. The predicted octanol–water partition coefficient (Wildman–Crippen LogP) is 3.39. The summed E-state index contributed by atoms with van der Waals surface area (Å²) in [5.41, 5.74) is 1.52. The maximum atomic E-state index is 11.6. The quantitative estimate of drug-likeness (QED) is 0.730. The number of methoxy groups -OCH3 is 1. The van der Waals surface area contributed by atoms with Crippen LogP contribution in [-0.4, -0.2) is 23.2 Å². The number of nitrogens with zero attached hydrogens (tertiary/aromatic N) is 1. The van der Waals surface area contributed by atoms with Crippen molar-refractivity contribution in [2.75, 3.05) is 7.11 Å². The summed E-state index contributed by atoms with van der Waals surface area (Å²) < 4.78 is 4.71. The molecule has 1 heterocycles. The second-order valence-electron chi connectivity index (χ2n) is 4.60. The lowest BCUT2D eigenvalue weighted by Gasteiger charge is -2.09. The van der Waals surface area contributed by atoms with E-state index in [1.165, 1.54) is 19.2 Å². The van der Waals surface area contributed by atoms with Crippen molar-refractivity contribution in [3.05, 3.63) is 60.3 Å². The largest absolute Gasteiger partial charge is 0.507 e. The summed E-state index contributed by atoms with van der Waals surface area (Å²) in [4.78, 5) is 16.0. The summed E-state index contributed by atoms with van der Waals surface area (Å²) in [7, 11) is 1.32. The van der Waals surface area contributed by atoms with Crippen molar-refractivity contribution in [3.8, 4) is 17.0 Å². The lowest BCUT2D eigenvalue weighted by Crippen LogP contribution is -2.01. The van der Waals surface area contributed by atoms with Crippen LogP contribution in [0.3, 0.4) is 0 Å². The fraction of sp³-hybridized carbons (Fsp3) is 0.0588. The molecule has 4 heteroatoms. The van der Waals surface area contributed by atoms with Crippen LogP contribution >= 0.6 is 0 Å². The van der Waals surface area contributed by atoms with Gasteiger partial charge in [-0.2, -0.15) is 0 Å². The maximum absolute atomic E-state index is 11.6. The summed E-state index contributed by atoms with van der Waals surface area (Å²) in [6.07, 6.45) is 1.68. The van der Waals surface area contributed by atoms with Crippen LogP contribution < -0.4 is 0 Å². The van der Waals surface area contributed by atoms with E-state index >= 15 is 0 Å². The first-order valence-corrected chi connectivity index (χ1v) is 6.46. The highest BCUT2D eigenvalue weighted by atomic mass is 16.5.